The number of ether oxygens (including phenoxy) is 1. The van der Waals surface area contributed by atoms with Crippen molar-refractivity contribution < 1.29 is 38.3 Å². The molecule has 0 bridgehead atoms. The van der Waals surface area contributed by atoms with Gasteiger partial charge in [-0.1, -0.05) is 0 Å². The minimum absolute atomic E-state index is 0.0381. The number of aromatic amines is 3. The topological polar surface area (TPSA) is 391 Å². The van der Waals surface area contributed by atoms with Crippen molar-refractivity contribution in [2.45, 2.75) is 104 Å². The third-order valence-corrected chi connectivity index (χ3v) is 9.81. The van der Waals surface area contributed by atoms with Crippen molar-refractivity contribution in [3.63, 3.8) is 0 Å². The molecule has 27 nitrogen and oxygen atoms in total. The van der Waals surface area contributed by atoms with Crippen LogP contribution in [0.5, 0.6) is 0 Å². The van der Waals surface area contributed by atoms with Gasteiger partial charge in [0.25, 0.3) is 16.7 Å². The first-order valence-corrected chi connectivity index (χ1v) is 21.2. The first-order valence-electron chi connectivity index (χ1n) is 21.2. The lowest BCUT2D eigenvalue weighted by Crippen LogP contribution is -2.50. The zero-order chi connectivity index (χ0) is 49.8. The van der Waals surface area contributed by atoms with Crippen LogP contribution in [0.15, 0.2) is 47.4 Å². The highest BCUT2D eigenvalue weighted by molar-refractivity contribution is 5.90. The summed E-state index contributed by atoms with van der Waals surface area (Å²) in [5.41, 5.74) is 1.65. The van der Waals surface area contributed by atoms with Gasteiger partial charge in [-0.15, -0.1) is 0 Å². The maximum Gasteiger partial charge on any atom is 0.328 e. The number of H-pyrrole nitrogens is 3. The Kier molecular flexibility index (Phi) is 21.1. The number of nitrogens with one attached hydrogen (secondary N) is 9. The molecule has 0 aliphatic rings. The van der Waals surface area contributed by atoms with Gasteiger partial charge in [-0.2, -0.15) is 0 Å². The highest BCUT2D eigenvalue weighted by atomic mass is 16.5. The molecule has 0 spiro atoms. The second-order valence-corrected chi connectivity index (χ2v) is 15.3. The number of aromatic nitrogens is 6. The molecule has 11 N–H and O–H groups in total. The molecule has 0 aliphatic carbocycles. The number of nitrogens with zero attached hydrogens (tertiary/aromatic N) is 3. The zero-order valence-electron chi connectivity index (χ0n) is 37.5. The molecule has 0 saturated carbocycles. The van der Waals surface area contributed by atoms with Crippen molar-refractivity contribution in [1.82, 2.24) is 60.6 Å². The number of esters is 1. The van der Waals surface area contributed by atoms with E-state index < -0.39 is 119 Å². The van der Waals surface area contributed by atoms with Crippen LogP contribution in [0, 0.1) is 20.8 Å². The fraction of sp³-hybridized carbons (Fsp3) is 0.525. The van der Waals surface area contributed by atoms with E-state index in [4.69, 9.17) is 10.5 Å². The van der Waals surface area contributed by atoms with E-state index in [1.54, 1.807) is 6.92 Å². The molecule has 0 unspecified atom stereocenters. The predicted molar refractivity (Wildman–Crippen MR) is 236 cm³/mol. The minimum Gasteiger partial charge on any atom is -0.465 e. The van der Waals surface area contributed by atoms with Crippen LogP contribution < -0.4 is 71.4 Å². The summed E-state index contributed by atoms with van der Waals surface area (Å²) < 4.78 is 7.66. The van der Waals surface area contributed by atoms with Crippen LogP contribution >= 0.6 is 0 Å². The van der Waals surface area contributed by atoms with Crippen LogP contribution in [-0.2, 0) is 57.9 Å². The second-order valence-electron chi connectivity index (χ2n) is 15.3. The average Bonchev–Trinajstić information content (AvgIpc) is 3.26. The molecule has 0 aliphatic heterocycles. The molecule has 0 saturated heterocycles. The van der Waals surface area contributed by atoms with Crippen molar-refractivity contribution in [1.29, 1.82) is 0 Å². The molecule has 3 heterocycles. The van der Waals surface area contributed by atoms with Gasteiger partial charge in [-0.3, -0.25) is 76.6 Å². The van der Waals surface area contributed by atoms with E-state index in [0.29, 0.717) is 6.42 Å². The molecule has 3 aromatic rings. The van der Waals surface area contributed by atoms with Gasteiger partial charge in [0.05, 0.1) is 6.61 Å². The molecule has 366 valence electrons. The number of amides is 6. The Hall–Kier alpha value is -7.71. The van der Waals surface area contributed by atoms with Crippen molar-refractivity contribution in [2.75, 3.05) is 32.8 Å². The van der Waals surface area contributed by atoms with Crippen molar-refractivity contribution in [3.05, 3.63) is 97.8 Å². The molecule has 0 fully saturated rings. The lowest BCUT2D eigenvalue weighted by molar-refractivity contribution is -0.143. The normalized spacial score (nSPS) is 12.2. The van der Waals surface area contributed by atoms with Crippen LogP contribution in [-0.4, -0.2) is 121 Å². The Labute approximate surface area is 380 Å². The number of rotatable bonds is 26. The summed E-state index contributed by atoms with van der Waals surface area (Å²) in [7, 11) is 0. The Morgan fingerprint density at radius 3 is 1.21 bits per heavy atom. The summed E-state index contributed by atoms with van der Waals surface area (Å²) in [6.07, 6.45) is 3.94. The molecule has 67 heavy (non-hydrogen) atoms. The van der Waals surface area contributed by atoms with E-state index in [1.165, 1.54) is 39.4 Å². The second kappa shape index (κ2) is 26.3. The van der Waals surface area contributed by atoms with Gasteiger partial charge in [0, 0.05) is 48.4 Å². The van der Waals surface area contributed by atoms with E-state index in [2.05, 4.69) is 46.9 Å². The largest absolute Gasteiger partial charge is 0.465 e. The molecule has 0 aromatic carbocycles. The third-order valence-electron chi connectivity index (χ3n) is 9.81. The van der Waals surface area contributed by atoms with Gasteiger partial charge >= 0.3 is 23.0 Å². The molecule has 3 aromatic heterocycles. The Bertz CT molecular complexity index is 2640. The van der Waals surface area contributed by atoms with Crippen LogP contribution in [0.1, 0.15) is 62.1 Å². The van der Waals surface area contributed by atoms with E-state index in [9.17, 15) is 62.3 Å². The molecular weight excluding hydrogens is 887 g/mol. The van der Waals surface area contributed by atoms with Crippen LogP contribution in [0.25, 0.3) is 0 Å². The average molecular weight is 944 g/mol. The van der Waals surface area contributed by atoms with Crippen molar-refractivity contribution >= 4 is 41.4 Å². The summed E-state index contributed by atoms with van der Waals surface area (Å²) in [6.45, 7) is 3.74. The molecule has 3 rings (SSSR count). The SMILES string of the molecule is CCOC(=O)CNC(=O)[C@@H](CCCNC(=O)[C@@H](CCCNC(=O)[C@@H](CCCN)NC(=O)Cn1cc(C)c(=O)[nH]c1=O)NC(=O)Cn1cc(C)c(=O)[nH]c1=O)NC(=O)Cn1cc(C)c(=O)[nH]c1=O. The lowest BCUT2D eigenvalue weighted by Gasteiger charge is -2.21. The Balaban J connectivity index is 1.70. The van der Waals surface area contributed by atoms with Crippen LogP contribution in [0.2, 0.25) is 0 Å². The summed E-state index contributed by atoms with van der Waals surface area (Å²) in [5.74, 6) is -5.16. The number of hydrogen-bond donors (Lipinski definition) is 10. The first kappa shape index (κ1) is 53.6. The smallest absolute Gasteiger partial charge is 0.328 e. The molecule has 6 amide bonds. The van der Waals surface area contributed by atoms with Gasteiger partial charge in [0.1, 0.15) is 44.3 Å². The zero-order valence-corrected chi connectivity index (χ0v) is 37.5. The van der Waals surface area contributed by atoms with Gasteiger partial charge in [-0.25, -0.2) is 14.4 Å². The van der Waals surface area contributed by atoms with E-state index >= 15 is 0 Å². The molecule has 27 heteroatoms. The van der Waals surface area contributed by atoms with Gasteiger partial charge < -0.3 is 42.4 Å². The Morgan fingerprint density at radius 1 is 0.552 bits per heavy atom. The van der Waals surface area contributed by atoms with E-state index in [0.717, 1.165) is 13.7 Å². The summed E-state index contributed by atoms with van der Waals surface area (Å²) in [4.78, 5) is 169. The van der Waals surface area contributed by atoms with Crippen LogP contribution in [0.4, 0.5) is 0 Å². The maximum atomic E-state index is 13.6. The molecule has 3 atom stereocenters. The summed E-state index contributed by atoms with van der Waals surface area (Å²) in [6, 6.07) is -3.63. The minimum atomic E-state index is -1.29. The molecule has 0 radical (unpaired) electrons. The van der Waals surface area contributed by atoms with E-state index in [-0.39, 0.29) is 75.0 Å². The lowest BCUT2D eigenvalue weighted by atomic mass is 10.1. The number of nitrogens with two attached hydrogens (primary N) is 1. The Morgan fingerprint density at radius 2 is 0.881 bits per heavy atom. The predicted octanol–water partition coefficient (Wildman–Crippen LogP) is -5.77. The quantitative estimate of drug-likeness (QED) is 0.0265. The number of carbonyl (C=O) groups is 7. The third kappa shape index (κ3) is 17.7. The van der Waals surface area contributed by atoms with Gasteiger partial charge in [-0.05, 0) is 72.8 Å². The maximum absolute atomic E-state index is 13.6. The highest BCUT2D eigenvalue weighted by Crippen LogP contribution is 2.03. The van der Waals surface area contributed by atoms with Gasteiger partial charge in [0.2, 0.25) is 35.4 Å². The van der Waals surface area contributed by atoms with Crippen molar-refractivity contribution in [3.8, 4) is 0 Å². The van der Waals surface area contributed by atoms with Crippen LogP contribution in [0.3, 0.4) is 0 Å². The number of aryl methyl sites for hydroxylation is 3. The van der Waals surface area contributed by atoms with Crippen molar-refractivity contribution in [2.24, 2.45) is 5.73 Å². The fourth-order valence-electron chi connectivity index (χ4n) is 6.30. The number of carbonyl (C=O) groups excluding carboxylic acids is 7. The standard InChI is InChI=1S/C40H57N13O14/c1-5-67-31(57)15-44-37(63)27(47-30(56)21-53-18-24(4)34(60)50-40(53)66)11-8-14-43-36(62)26(46-29(55)20-52-17-23(3)33(59)49-39(52)65)10-7-13-42-35(61)25(9-6-12-41)45-28(54)19-51-16-22(2)32(58)48-38(51)64/h16-18,25-27H,5-15,19-21,41H2,1-4H3,(H,42,61)(H,43,62)(H,44,63)(H,45,54)(H,46,55)(H,47,56)(H,48,58,64)(H,49,59,65)(H,50,60,66)/t25-,26-,27-/m1/s1. The molecular formula is C40H57N13O14. The first-order chi connectivity index (χ1) is 31.7. The van der Waals surface area contributed by atoms with E-state index in [1.807, 2.05) is 0 Å². The van der Waals surface area contributed by atoms with Gasteiger partial charge in [0.15, 0.2) is 0 Å². The fourth-order valence-corrected chi connectivity index (χ4v) is 6.30. The highest BCUT2D eigenvalue weighted by Gasteiger charge is 2.25. The summed E-state index contributed by atoms with van der Waals surface area (Å²) in [5, 5.41) is 15.2. The monoisotopic (exact) mass is 943 g/mol. The number of hydrogen-bond acceptors (Lipinski definition) is 15. The summed E-state index contributed by atoms with van der Waals surface area (Å²) >= 11 is 0.